The van der Waals surface area contributed by atoms with E-state index in [1.807, 2.05) is 72.8 Å². The van der Waals surface area contributed by atoms with Crippen molar-refractivity contribution in [1.29, 1.82) is 0 Å². The Hall–Kier alpha value is -1.83. The van der Waals surface area contributed by atoms with Crippen LogP contribution < -0.4 is 0 Å². The van der Waals surface area contributed by atoms with Gasteiger partial charge in [-0.15, -0.1) is 0 Å². The second-order valence-electron chi connectivity index (χ2n) is 5.83. The predicted molar refractivity (Wildman–Crippen MR) is 122 cm³/mol. The Kier molecular flexibility index (Phi) is 5.52. The second kappa shape index (κ2) is 8.04. The molecule has 1 aromatic heterocycles. The smallest absolute Gasteiger partial charge is 0.164 e. The minimum absolute atomic E-state index is 0.619. The largest absolute Gasteiger partial charge is 0.208 e. The fourth-order valence-electron chi connectivity index (χ4n) is 2.56. The maximum atomic E-state index is 6.02. The zero-order valence-electron chi connectivity index (χ0n) is 13.9. The molecule has 0 saturated carbocycles. The zero-order valence-corrected chi connectivity index (χ0v) is 18.4. The summed E-state index contributed by atoms with van der Waals surface area (Å²) in [6.07, 6.45) is 0. The molecule has 1 heterocycles. The Balaban J connectivity index is 1.89. The van der Waals surface area contributed by atoms with Crippen LogP contribution >= 0.6 is 50.1 Å². The van der Waals surface area contributed by atoms with E-state index in [-0.39, 0.29) is 0 Å². The van der Waals surface area contributed by atoms with Gasteiger partial charge in [-0.05, 0) is 71.1 Å². The molecule has 27 heavy (non-hydrogen) atoms. The molecule has 3 nitrogen and oxygen atoms in total. The maximum absolute atomic E-state index is 6.02. The summed E-state index contributed by atoms with van der Waals surface area (Å²) in [6, 6.07) is 23.6. The first kappa shape index (κ1) is 18.5. The van der Waals surface area contributed by atoms with E-state index >= 15 is 0 Å². The molecule has 132 valence electrons. The Labute approximate surface area is 184 Å². The molecular formula is C21H12BrClIN3. The fraction of sp³-hybridized carbons (Fsp3) is 0. The first-order chi connectivity index (χ1) is 13.1. The molecule has 4 rings (SSSR count). The molecule has 0 saturated heterocycles. The highest BCUT2D eigenvalue weighted by Gasteiger charge is 2.12. The number of benzene rings is 3. The average Bonchev–Trinajstić information content (AvgIpc) is 2.69. The third-order valence-electron chi connectivity index (χ3n) is 3.94. The van der Waals surface area contributed by atoms with Crippen LogP contribution in [0, 0.1) is 3.57 Å². The molecule has 0 radical (unpaired) electrons. The molecule has 0 unspecified atom stereocenters. The van der Waals surface area contributed by atoms with Crippen LogP contribution in [0.2, 0.25) is 5.02 Å². The number of hydrogen-bond donors (Lipinski definition) is 0. The molecule has 4 aromatic rings. The highest BCUT2D eigenvalue weighted by molar-refractivity contribution is 14.1. The van der Waals surface area contributed by atoms with Gasteiger partial charge >= 0.3 is 0 Å². The second-order valence-corrected chi connectivity index (χ2v) is 8.42. The van der Waals surface area contributed by atoms with E-state index < -0.39 is 0 Å². The third-order valence-corrected chi connectivity index (χ3v) is 5.44. The van der Waals surface area contributed by atoms with Crippen LogP contribution in [0.25, 0.3) is 34.2 Å². The van der Waals surface area contributed by atoms with Crippen molar-refractivity contribution in [2.45, 2.75) is 0 Å². The first-order valence-electron chi connectivity index (χ1n) is 8.12. The van der Waals surface area contributed by atoms with Crippen LogP contribution in [-0.4, -0.2) is 15.0 Å². The van der Waals surface area contributed by atoms with Crippen molar-refractivity contribution in [2.24, 2.45) is 0 Å². The minimum Gasteiger partial charge on any atom is -0.208 e. The Morgan fingerprint density at radius 1 is 0.593 bits per heavy atom. The molecule has 0 aliphatic rings. The van der Waals surface area contributed by atoms with Gasteiger partial charge in [0.1, 0.15) is 0 Å². The van der Waals surface area contributed by atoms with Gasteiger partial charge in [0.25, 0.3) is 0 Å². The van der Waals surface area contributed by atoms with Gasteiger partial charge in [0.05, 0.1) is 0 Å². The monoisotopic (exact) mass is 547 g/mol. The predicted octanol–water partition coefficient (Wildman–Crippen LogP) is 6.89. The third kappa shape index (κ3) is 4.36. The molecule has 0 fully saturated rings. The lowest BCUT2D eigenvalue weighted by Crippen LogP contribution is -2.00. The summed E-state index contributed by atoms with van der Waals surface area (Å²) in [4.78, 5) is 14.1. The molecule has 0 atom stereocenters. The lowest BCUT2D eigenvalue weighted by Gasteiger charge is -2.08. The van der Waals surface area contributed by atoms with Gasteiger partial charge in [0.15, 0.2) is 17.5 Å². The van der Waals surface area contributed by atoms with E-state index in [1.54, 1.807) is 0 Å². The zero-order chi connectivity index (χ0) is 18.8. The molecule has 0 bridgehead atoms. The summed E-state index contributed by atoms with van der Waals surface area (Å²) in [5.74, 6) is 1.90. The molecule has 0 aliphatic carbocycles. The van der Waals surface area contributed by atoms with E-state index in [9.17, 15) is 0 Å². The lowest BCUT2D eigenvalue weighted by molar-refractivity contribution is 1.07. The van der Waals surface area contributed by atoms with Gasteiger partial charge < -0.3 is 0 Å². The number of aromatic nitrogens is 3. The Morgan fingerprint density at radius 2 is 0.963 bits per heavy atom. The van der Waals surface area contributed by atoms with Crippen molar-refractivity contribution in [1.82, 2.24) is 15.0 Å². The maximum Gasteiger partial charge on any atom is 0.164 e. The summed E-state index contributed by atoms with van der Waals surface area (Å²) in [7, 11) is 0. The van der Waals surface area contributed by atoms with Crippen molar-refractivity contribution in [3.05, 3.63) is 85.9 Å². The van der Waals surface area contributed by atoms with Crippen LogP contribution in [0.4, 0.5) is 0 Å². The quantitative estimate of drug-likeness (QED) is 0.262. The van der Waals surface area contributed by atoms with E-state index in [0.29, 0.717) is 22.5 Å². The van der Waals surface area contributed by atoms with E-state index in [4.69, 9.17) is 26.6 Å². The van der Waals surface area contributed by atoms with Gasteiger partial charge in [0, 0.05) is 29.8 Å². The standard InChI is InChI=1S/C21H12BrClIN3/c22-16-7-1-13(2-8-16)19-25-20(14-3-9-17(23)10-4-14)27-21(26-19)15-5-11-18(24)12-6-15/h1-12H. The van der Waals surface area contributed by atoms with Crippen molar-refractivity contribution >= 4 is 50.1 Å². The van der Waals surface area contributed by atoms with Crippen molar-refractivity contribution in [3.8, 4) is 34.2 Å². The van der Waals surface area contributed by atoms with Crippen molar-refractivity contribution < 1.29 is 0 Å². The molecule has 0 aliphatic heterocycles. The lowest BCUT2D eigenvalue weighted by atomic mass is 10.1. The SMILES string of the molecule is Clc1ccc(-c2nc(-c3ccc(Br)cc3)nc(-c3ccc(I)cc3)n2)cc1. The van der Waals surface area contributed by atoms with Crippen molar-refractivity contribution in [2.75, 3.05) is 0 Å². The number of rotatable bonds is 3. The number of nitrogens with zero attached hydrogens (tertiary/aromatic N) is 3. The van der Waals surface area contributed by atoms with Gasteiger partial charge in [-0.2, -0.15) is 0 Å². The number of hydrogen-bond acceptors (Lipinski definition) is 3. The Morgan fingerprint density at radius 3 is 1.41 bits per heavy atom. The Bertz CT molecular complexity index is 928. The topological polar surface area (TPSA) is 38.7 Å². The summed E-state index contributed by atoms with van der Waals surface area (Å²) in [5.41, 5.74) is 2.78. The van der Waals surface area contributed by atoms with Crippen LogP contribution in [0.1, 0.15) is 0 Å². The highest BCUT2D eigenvalue weighted by Crippen LogP contribution is 2.26. The van der Waals surface area contributed by atoms with Gasteiger partial charge in [-0.25, -0.2) is 15.0 Å². The summed E-state index contributed by atoms with van der Waals surface area (Å²) in [5, 5.41) is 0.679. The van der Waals surface area contributed by atoms with E-state index in [2.05, 4.69) is 38.5 Å². The average molecular weight is 549 g/mol. The summed E-state index contributed by atoms with van der Waals surface area (Å²) >= 11 is 11.8. The normalized spacial score (nSPS) is 10.8. The van der Waals surface area contributed by atoms with E-state index in [1.165, 1.54) is 0 Å². The molecule has 3 aromatic carbocycles. The molecule has 0 amide bonds. The fourth-order valence-corrected chi connectivity index (χ4v) is 3.31. The van der Waals surface area contributed by atoms with Gasteiger partial charge in [-0.1, -0.05) is 51.8 Å². The first-order valence-corrected chi connectivity index (χ1v) is 10.4. The minimum atomic E-state index is 0.619. The van der Waals surface area contributed by atoms with Crippen LogP contribution in [-0.2, 0) is 0 Å². The van der Waals surface area contributed by atoms with Crippen molar-refractivity contribution in [3.63, 3.8) is 0 Å². The summed E-state index contributed by atoms with van der Waals surface area (Å²) in [6.45, 7) is 0. The summed E-state index contributed by atoms with van der Waals surface area (Å²) < 4.78 is 2.17. The molecule has 0 N–H and O–H groups in total. The van der Waals surface area contributed by atoms with Gasteiger partial charge in [-0.3, -0.25) is 0 Å². The highest BCUT2D eigenvalue weighted by atomic mass is 127. The molecule has 0 spiro atoms. The van der Waals surface area contributed by atoms with Crippen LogP contribution in [0.15, 0.2) is 77.3 Å². The molecular weight excluding hydrogens is 537 g/mol. The van der Waals surface area contributed by atoms with Gasteiger partial charge in [0.2, 0.25) is 0 Å². The van der Waals surface area contributed by atoms with Crippen LogP contribution in [0.3, 0.4) is 0 Å². The number of halogens is 3. The molecule has 6 heteroatoms. The van der Waals surface area contributed by atoms with Crippen LogP contribution in [0.5, 0.6) is 0 Å². The van der Waals surface area contributed by atoms with E-state index in [0.717, 1.165) is 24.7 Å².